The van der Waals surface area contributed by atoms with Crippen LogP contribution in [-0.4, -0.2) is 47.2 Å². The SMILES string of the molecule is CCCC(C#N)N1CCN(C(=O)OC(C)(C)C)CC1c1ccccc1. The third-order valence-corrected chi connectivity index (χ3v) is 4.37. The van der Waals surface area contributed by atoms with E-state index in [0.29, 0.717) is 19.6 Å². The second-order valence-electron chi connectivity index (χ2n) is 7.52. The van der Waals surface area contributed by atoms with E-state index < -0.39 is 5.60 Å². The van der Waals surface area contributed by atoms with Crippen molar-refractivity contribution in [1.82, 2.24) is 9.80 Å². The summed E-state index contributed by atoms with van der Waals surface area (Å²) in [5.74, 6) is 0. The molecule has 2 unspecified atom stereocenters. The fourth-order valence-electron chi connectivity index (χ4n) is 3.21. The predicted octanol–water partition coefficient (Wildman–Crippen LogP) is 3.97. The van der Waals surface area contributed by atoms with Gasteiger partial charge < -0.3 is 9.64 Å². The number of hydrogen-bond acceptors (Lipinski definition) is 4. The Bertz CT molecular complexity index is 604. The number of benzene rings is 1. The van der Waals surface area contributed by atoms with E-state index >= 15 is 0 Å². The van der Waals surface area contributed by atoms with Gasteiger partial charge in [0.2, 0.25) is 0 Å². The zero-order valence-electron chi connectivity index (χ0n) is 15.7. The van der Waals surface area contributed by atoms with Gasteiger partial charge in [0, 0.05) is 19.6 Å². The predicted molar refractivity (Wildman–Crippen MR) is 98.0 cm³/mol. The molecule has 25 heavy (non-hydrogen) atoms. The van der Waals surface area contributed by atoms with Crippen LogP contribution in [0.4, 0.5) is 4.79 Å². The number of carbonyl (C=O) groups excluding carboxylic acids is 1. The van der Waals surface area contributed by atoms with Crippen molar-refractivity contribution in [3.63, 3.8) is 0 Å². The van der Waals surface area contributed by atoms with Gasteiger partial charge in [-0.1, -0.05) is 43.7 Å². The average Bonchev–Trinajstić information content (AvgIpc) is 2.58. The summed E-state index contributed by atoms with van der Waals surface area (Å²) in [7, 11) is 0. The van der Waals surface area contributed by atoms with Crippen molar-refractivity contribution in [2.24, 2.45) is 0 Å². The molecule has 2 atom stereocenters. The molecule has 0 saturated carbocycles. The third kappa shape index (κ3) is 5.20. The van der Waals surface area contributed by atoms with Crippen molar-refractivity contribution in [2.45, 2.75) is 58.2 Å². The van der Waals surface area contributed by atoms with Crippen LogP contribution in [0, 0.1) is 11.3 Å². The molecule has 5 heteroatoms. The lowest BCUT2D eigenvalue weighted by Crippen LogP contribution is -2.54. The Morgan fingerprint density at radius 2 is 2.00 bits per heavy atom. The van der Waals surface area contributed by atoms with E-state index in [1.54, 1.807) is 4.90 Å². The van der Waals surface area contributed by atoms with Crippen molar-refractivity contribution in [1.29, 1.82) is 5.26 Å². The fourth-order valence-corrected chi connectivity index (χ4v) is 3.21. The standard InChI is InChI=1S/C20H29N3O2/c1-5-9-17(14-21)23-13-12-22(19(24)25-20(2,3)4)15-18(23)16-10-7-6-8-11-16/h6-8,10-11,17-18H,5,9,12-13,15H2,1-4H3. The van der Waals surface area contributed by atoms with Crippen molar-refractivity contribution < 1.29 is 9.53 Å². The van der Waals surface area contributed by atoms with Crippen LogP contribution in [0.15, 0.2) is 30.3 Å². The Balaban J connectivity index is 2.22. The Hall–Kier alpha value is -2.06. The molecule has 1 aromatic rings. The Morgan fingerprint density at radius 1 is 1.32 bits per heavy atom. The van der Waals surface area contributed by atoms with E-state index in [0.717, 1.165) is 18.4 Å². The molecule has 1 fully saturated rings. The van der Waals surface area contributed by atoms with Crippen molar-refractivity contribution in [3.05, 3.63) is 35.9 Å². The second kappa shape index (κ2) is 8.35. The smallest absolute Gasteiger partial charge is 0.410 e. The van der Waals surface area contributed by atoms with Crippen LogP contribution in [0.25, 0.3) is 0 Å². The molecule has 136 valence electrons. The summed E-state index contributed by atoms with van der Waals surface area (Å²) in [6.45, 7) is 9.53. The zero-order chi connectivity index (χ0) is 18.4. The van der Waals surface area contributed by atoms with E-state index in [4.69, 9.17) is 4.74 Å². The first-order valence-electron chi connectivity index (χ1n) is 9.04. The Labute approximate surface area is 151 Å². The van der Waals surface area contributed by atoms with Gasteiger partial charge in [0.15, 0.2) is 0 Å². The van der Waals surface area contributed by atoms with Gasteiger partial charge >= 0.3 is 6.09 Å². The minimum absolute atomic E-state index is 0.0127. The summed E-state index contributed by atoms with van der Waals surface area (Å²) in [6.07, 6.45) is 1.52. The first-order valence-corrected chi connectivity index (χ1v) is 9.04. The lowest BCUT2D eigenvalue weighted by molar-refractivity contribution is -0.00140. The first-order chi connectivity index (χ1) is 11.9. The van der Waals surface area contributed by atoms with Crippen molar-refractivity contribution in [2.75, 3.05) is 19.6 Å². The second-order valence-corrected chi connectivity index (χ2v) is 7.52. The van der Waals surface area contributed by atoms with Crippen molar-refractivity contribution >= 4 is 6.09 Å². The van der Waals surface area contributed by atoms with Crippen LogP contribution >= 0.6 is 0 Å². The molecule has 1 saturated heterocycles. The molecule has 0 bridgehead atoms. The zero-order valence-corrected chi connectivity index (χ0v) is 15.7. The summed E-state index contributed by atoms with van der Waals surface area (Å²) in [4.78, 5) is 16.5. The Morgan fingerprint density at radius 3 is 2.56 bits per heavy atom. The van der Waals surface area contributed by atoms with E-state index in [1.807, 2.05) is 39.0 Å². The van der Waals surface area contributed by atoms with Crippen LogP contribution < -0.4 is 0 Å². The first kappa shape index (κ1) is 19.3. The highest BCUT2D eigenvalue weighted by atomic mass is 16.6. The van der Waals surface area contributed by atoms with Crippen LogP contribution in [0.5, 0.6) is 0 Å². The molecule has 5 nitrogen and oxygen atoms in total. The maximum absolute atomic E-state index is 12.5. The summed E-state index contributed by atoms with van der Waals surface area (Å²) in [5, 5.41) is 9.61. The number of nitrogens with zero attached hydrogens (tertiary/aromatic N) is 3. The van der Waals surface area contributed by atoms with Gasteiger partial charge in [-0.25, -0.2) is 4.79 Å². The summed E-state index contributed by atoms with van der Waals surface area (Å²) in [6, 6.07) is 12.4. The van der Waals surface area contributed by atoms with Gasteiger partial charge in [-0.15, -0.1) is 0 Å². The molecule has 0 radical (unpaired) electrons. The van der Waals surface area contributed by atoms with Crippen LogP contribution in [0.3, 0.4) is 0 Å². The molecular formula is C20H29N3O2. The van der Waals surface area contributed by atoms with E-state index in [1.165, 1.54) is 0 Å². The van der Waals surface area contributed by atoms with Crippen LogP contribution in [0.1, 0.15) is 52.1 Å². The van der Waals surface area contributed by atoms with Crippen LogP contribution in [0.2, 0.25) is 0 Å². The van der Waals surface area contributed by atoms with Gasteiger partial charge in [-0.05, 0) is 32.8 Å². The fraction of sp³-hybridized carbons (Fsp3) is 0.600. The van der Waals surface area contributed by atoms with Gasteiger partial charge in [0.25, 0.3) is 0 Å². The maximum Gasteiger partial charge on any atom is 0.410 e. The third-order valence-electron chi connectivity index (χ3n) is 4.37. The lowest BCUT2D eigenvalue weighted by Gasteiger charge is -2.43. The highest BCUT2D eigenvalue weighted by molar-refractivity contribution is 5.68. The lowest BCUT2D eigenvalue weighted by atomic mass is 9.99. The number of nitriles is 1. The summed E-state index contributed by atoms with van der Waals surface area (Å²) in [5.41, 5.74) is 0.625. The molecular weight excluding hydrogens is 314 g/mol. The highest BCUT2D eigenvalue weighted by Crippen LogP contribution is 2.29. The molecule has 0 N–H and O–H groups in total. The monoisotopic (exact) mass is 343 g/mol. The molecule has 1 heterocycles. The molecule has 1 amide bonds. The molecule has 0 spiro atoms. The Kier molecular flexibility index (Phi) is 6.44. The maximum atomic E-state index is 12.5. The number of hydrogen-bond donors (Lipinski definition) is 0. The minimum Gasteiger partial charge on any atom is -0.444 e. The largest absolute Gasteiger partial charge is 0.444 e. The van der Waals surface area contributed by atoms with E-state index in [2.05, 4.69) is 30.0 Å². The van der Waals surface area contributed by atoms with Crippen molar-refractivity contribution in [3.8, 4) is 6.07 Å². The summed E-state index contributed by atoms with van der Waals surface area (Å²) >= 11 is 0. The molecule has 1 aliphatic rings. The number of piperazine rings is 1. The summed E-state index contributed by atoms with van der Waals surface area (Å²) < 4.78 is 5.53. The average molecular weight is 343 g/mol. The van der Waals surface area contributed by atoms with Gasteiger partial charge in [0.05, 0.1) is 18.2 Å². The van der Waals surface area contributed by atoms with Crippen LogP contribution in [-0.2, 0) is 4.74 Å². The van der Waals surface area contributed by atoms with E-state index in [-0.39, 0.29) is 18.2 Å². The number of ether oxygens (including phenoxy) is 1. The van der Waals surface area contributed by atoms with E-state index in [9.17, 15) is 10.1 Å². The van der Waals surface area contributed by atoms with Gasteiger partial charge in [-0.2, -0.15) is 5.26 Å². The van der Waals surface area contributed by atoms with Gasteiger partial charge in [-0.3, -0.25) is 4.90 Å². The molecule has 2 rings (SSSR count). The minimum atomic E-state index is -0.506. The number of rotatable bonds is 4. The molecule has 1 aliphatic heterocycles. The molecule has 1 aromatic carbocycles. The topological polar surface area (TPSA) is 56.6 Å². The number of carbonyl (C=O) groups is 1. The normalized spacial score (nSPS) is 20.0. The highest BCUT2D eigenvalue weighted by Gasteiger charge is 2.35. The molecule has 0 aromatic heterocycles. The quantitative estimate of drug-likeness (QED) is 0.830. The number of amides is 1. The molecule has 0 aliphatic carbocycles. The van der Waals surface area contributed by atoms with Gasteiger partial charge in [0.1, 0.15) is 5.60 Å².